The molecule has 4 atom stereocenters. The van der Waals surface area contributed by atoms with Crippen molar-refractivity contribution in [1.82, 2.24) is 0 Å². The third-order valence-corrected chi connectivity index (χ3v) is 4.77. The minimum absolute atomic E-state index is 0.0192. The molecular formula is C12H16O3. The lowest BCUT2D eigenvalue weighted by Crippen LogP contribution is -2.57. The van der Waals surface area contributed by atoms with Crippen LogP contribution < -0.4 is 0 Å². The smallest absolute Gasteiger partial charge is 0.159 e. The van der Waals surface area contributed by atoms with E-state index in [0.717, 1.165) is 12.8 Å². The Morgan fingerprint density at radius 2 is 2.13 bits per heavy atom. The van der Waals surface area contributed by atoms with E-state index in [-0.39, 0.29) is 23.4 Å². The van der Waals surface area contributed by atoms with Gasteiger partial charge in [-0.25, -0.2) is 0 Å². The first kappa shape index (κ1) is 8.59. The predicted molar refractivity (Wildman–Crippen MR) is 53.1 cm³/mol. The molecule has 0 aromatic carbocycles. The van der Waals surface area contributed by atoms with Crippen LogP contribution in [-0.4, -0.2) is 24.6 Å². The number of hydrogen-bond acceptors (Lipinski definition) is 3. The Hall–Kier alpha value is -0.540. The molecule has 1 spiro atoms. The molecule has 3 nitrogen and oxygen atoms in total. The van der Waals surface area contributed by atoms with E-state index >= 15 is 0 Å². The molecule has 15 heavy (non-hydrogen) atoms. The van der Waals surface area contributed by atoms with Crippen LogP contribution in [-0.2, 0) is 14.2 Å². The van der Waals surface area contributed by atoms with Crippen molar-refractivity contribution in [2.24, 2.45) is 5.41 Å². The Morgan fingerprint density at radius 3 is 3.13 bits per heavy atom. The molecule has 82 valence electrons. The molecule has 1 saturated carbocycles. The summed E-state index contributed by atoms with van der Waals surface area (Å²) in [5.74, 6) is 0. The summed E-state index contributed by atoms with van der Waals surface area (Å²) in [6, 6.07) is 0. The minimum Gasteiger partial charge on any atom is -0.495 e. The summed E-state index contributed by atoms with van der Waals surface area (Å²) in [7, 11) is 0. The quantitative estimate of drug-likeness (QED) is 0.609. The van der Waals surface area contributed by atoms with Gasteiger partial charge < -0.3 is 14.2 Å². The summed E-state index contributed by atoms with van der Waals surface area (Å²) >= 11 is 0. The van der Waals surface area contributed by atoms with Crippen LogP contribution in [0.2, 0.25) is 0 Å². The second-order valence-electron chi connectivity index (χ2n) is 5.27. The van der Waals surface area contributed by atoms with Crippen LogP contribution in [0.4, 0.5) is 0 Å². The first-order valence-corrected chi connectivity index (χ1v) is 5.97. The average Bonchev–Trinajstić information content (AvgIpc) is 2.59. The molecule has 1 aliphatic carbocycles. The zero-order valence-electron chi connectivity index (χ0n) is 8.78. The second kappa shape index (κ2) is 2.58. The molecule has 4 aliphatic rings. The van der Waals surface area contributed by atoms with E-state index in [1.807, 2.05) is 6.26 Å². The SMILES string of the molecule is C1=CC23CCCCC24CC(OCC4O1)O3. The van der Waals surface area contributed by atoms with Crippen LogP contribution in [0, 0.1) is 5.41 Å². The van der Waals surface area contributed by atoms with Crippen LogP contribution >= 0.6 is 0 Å². The van der Waals surface area contributed by atoms with Crippen LogP contribution in [0.5, 0.6) is 0 Å². The topological polar surface area (TPSA) is 27.7 Å². The van der Waals surface area contributed by atoms with Gasteiger partial charge in [-0.2, -0.15) is 0 Å². The maximum Gasteiger partial charge on any atom is 0.159 e. The molecular weight excluding hydrogens is 192 g/mol. The monoisotopic (exact) mass is 208 g/mol. The fraction of sp³-hybridized carbons (Fsp3) is 0.833. The summed E-state index contributed by atoms with van der Waals surface area (Å²) in [5, 5.41) is 0. The molecule has 0 amide bonds. The van der Waals surface area contributed by atoms with E-state index in [0.29, 0.717) is 6.61 Å². The fourth-order valence-electron chi connectivity index (χ4n) is 4.03. The van der Waals surface area contributed by atoms with Gasteiger partial charge in [0, 0.05) is 11.8 Å². The van der Waals surface area contributed by atoms with Crippen molar-refractivity contribution < 1.29 is 14.2 Å². The molecule has 3 aliphatic heterocycles. The summed E-state index contributed by atoms with van der Waals surface area (Å²) in [4.78, 5) is 0. The summed E-state index contributed by atoms with van der Waals surface area (Å²) in [6.07, 6.45) is 10.2. The number of rotatable bonds is 0. The Balaban J connectivity index is 1.89. The molecule has 4 unspecified atom stereocenters. The highest BCUT2D eigenvalue weighted by Gasteiger charge is 2.67. The van der Waals surface area contributed by atoms with Crippen LogP contribution in [0.3, 0.4) is 0 Å². The molecule has 0 N–H and O–H groups in total. The Kier molecular flexibility index (Phi) is 1.48. The van der Waals surface area contributed by atoms with Gasteiger partial charge in [-0.1, -0.05) is 12.8 Å². The van der Waals surface area contributed by atoms with E-state index in [2.05, 4.69) is 6.08 Å². The lowest BCUT2D eigenvalue weighted by molar-refractivity contribution is -0.152. The summed E-state index contributed by atoms with van der Waals surface area (Å²) in [5.41, 5.74) is 0.165. The van der Waals surface area contributed by atoms with E-state index in [4.69, 9.17) is 14.2 Å². The van der Waals surface area contributed by atoms with Crippen molar-refractivity contribution in [3.05, 3.63) is 12.3 Å². The Bertz CT molecular complexity index is 327. The maximum absolute atomic E-state index is 6.15. The van der Waals surface area contributed by atoms with Crippen molar-refractivity contribution in [3.8, 4) is 0 Å². The van der Waals surface area contributed by atoms with Crippen molar-refractivity contribution in [3.63, 3.8) is 0 Å². The molecule has 3 heterocycles. The van der Waals surface area contributed by atoms with E-state index in [1.54, 1.807) is 0 Å². The Labute approximate surface area is 89.4 Å². The summed E-state index contributed by atoms with van der Waals surface area (Å²) < 4.78 is 17.6. The molecule has 0 aromatic rings. The van der Waals surface area contributed by atoms with E-state index < -0.39 is 0 Å². The second-order valence-corrected chi connectivity index (χ2v) is 5.27. The largest absolute Gasteiger partial charge is 0.495 e. The molecule has 2 bridgehead atoms. The maximum atomic E-state index is 6.15. The standard InChI is InChI=1S/C12H16O3/c1-2-4-12-5-6-13-9-8-14-10(15-12)7-11(9,12)3-1/h5-6,9-10H,1-4,7-8H2. The number of ether oxygens (including phenoxy) is 3. The van der Waals surface area contributed by atoms with Crippen LogP contribution in [0.1, 0.15) is 32.1 Å². The lowest BCUT2D eigenvalue weighted by atomic mass is 9.59. The number of fused-ring (bicyclic) bond motifs is 1. The molecule has 0 aromatic heterocycles. The predicted octanol–water partition coefficient (Wildman–Crippen LogP) is 1.97. The molecule has 3 fully saturated rings. The van der Waals surface area contributed by atoms with Crippen molar-refractivity contribution in [2.75, 3.05) is 6.61 Å². The van der Waals surface area contributed by atoms with E-state index in [1.165, 1.54) is 19.3 Å². The van der Waals surface area contributed by atoms with Crippen LogP contribution in [0.25, 0.3) is 0 Å². The molecule has 4 rings (SSSR count). The van der Waals surface area contributed by atoms with Crippen molar-refractivity contribution >= 4 is 0 Å². The zero-order valence-corrected chi connectivity index (χ0v) is 8.78. The molecule has 3 heteroatoms. The molecule has 2 saturated heterocycles. The van der Waals surface area contributed by atoms with Gasteiger partial charge in [-0.05, 0) is 18.9 Å². The van der Waals surface area contributed by atoms with Gasteiger partial charge in [0.1, 0.15) is 11.7 Å². The van der Waals surface area contributed by atoms with Gasteiger partial charge in [-0.3, -0.25) is 0 Å². The Morgan fingerprint density at radius 1 is 1.20 bits per heavy atom. The highest BCUT2D eigenvalue weighted by Crippen LogP contribution is 2.62. The lowest BCUT2D eigenvalue weighted by Gasteiger charge is -2.51. The van der Waals surface area contributed by atoms with Gasteiger partial charge in [-0.15, -0.1) is 0 Å². The highest BCUT2D eigenvalue weighted by molar-refractivity contribution is 5.22. The number of hydrogen-bond donors (Lipinski definition) is 0. The average molecular weight is 208 g/mol. The van der Waals surface area contributed by atoms with Crippen LogP contribution in [0.15, 0.2) is 12.3 Å². The van der Waals surface area contributed by atoms with Crippen molar-refractivity contribution in [1.29, 1.82) is 0 Å². The molecule has 0 radical (unpaired) electrons. The van der Waals surface area contributed by atoms with Gasteiger partial charge >= 0.3 is 0 Å². The van der Waals surface area contributed by atoms with E-state index in [9.17, 15) is 0 Å². The fourth-order valence-corrected chi connectivity index (χ4v) is 4.03. The highest BCUT2D eigenvalue weighted by atomic mass is 16.7. The third-order valence-electron chi connectivity index (χ3n) is 4.77. The minimum atomic E-state index is -0.0602. The third kappa shape index (κ3) is 0.855. The van der Waals surface area contributed by atoms with Gasteiger partial charge in [0.15, 0.2) is 6.29 Å². The van der Waals surface area contributed by atoms with Crippen molar-refractivity contribution in [2.45, 2.75) is 50.1 Å². The van der Waals surface area contributed by atoms with Gasteiger partial charge in [0.25, 0.3) is 0 Å². The first-order valence-electron chi connectivity index (χ1n) is 5.97. The normalized spacial score (nSPS) is 56.0. The van der Waals surface area contributed by atoms with Gasteiger partial charge in [0.2, 0.25) is 0 Å². The zero-order chi connectivity index (χ0) is 9.93. The summed E-state index contributed by atoms with van der Waals surface area (Å²) in [6.45, 7) is 0.705. The first-order chi connectivity index (χ1) is 7.35. The van der Waals surface area contributed by atoms with Gasteiger partial charge in [0.05, 0.1) is 12.9 Å².